The number of nitrogens with zero attached hydrogens (tertiary/aromatic N) is 1. The minimum Gasteiger partial charge on any atom is -0.495 e. The van der Waals surface area contributed by atoms with Crippen molar-refractivity contribution in [3.63, 3.8) is 0 Å². The van der Waals surface area contributed by atoms with Crippen LogP contribution in [0.3, 0.4) is 0 Å². The van der Waals surface area contributed by atoms with Gasteiger partial charge in [0.25, 0.3) is 0 Å². The maximum atomic E-state index is 12.2. The van der Waals surface area contributed by atoms with Crippen molar-refractivity contribution in [2.75, 3.05) is 19.0 Å². The largest absolute Gasteiger partial charge is 0.495 e. The Labute approximate surface area is 144 Å². The maximum absolute atomic E-state index is 12.2. The van der Waals surface area contributed by atoms with Gasteiger partial charge in [-0.25, -0.2) is 0 Å². The fourth-order valence-corrected chi connectivity index (χ4v) is 3.24. The molecule has 1 aromatic carbocycles. The molecule has 1 aliphatic rings. The average Bonchev–Trinajstić information content (AvgIpc) is 2.82. The van der Waals surface area contributed by atoms with E-state index < -0.39 is 5.25 Å². The van der Waals surface area contributed by atoms with E-state index in [1.165, 1.54) is 18.9 Å². The highest BCUT2D eigenvalue weighted by Gasteiger charge is 2.32. The topological polar surface area (TPSA) is 79.8 Å². The summed E-state index contributed by atoms with van der Waals surface area (Å²) in [5, 5.41) is 6.09. The molecule has 2 N–H and O–H groups in total. The molecule has 0 unspecified atom stereocenters. The number of carbonyl (C=O) groups is 2. The number of hydrogen-bond acceptors (Lipinski definition) is 5. The summed E-state index contributed by atoms with van der Waals surface area (Å²) in [6.07, 6.45) is 0.0596. The van der Waals surface area contributed by atoms with E-state index in [2.05, 4.69) is 15.6 Å². The lowest BCUT2D eigenvalue weighted by Crippen LogP contribution is -2.28. The molecule has 0 spiro atoms. The Morgan fingerprint density at radius 3 is 2.91 bits per heavy atom. The highest BCUT2D eigenvalue weighted by Crippen LogP contribution is 2.31. The number of aliphatic imine (C=N–C) groups is 1. The number of halogens is 1. The van der Waals surface area contributed by atoms with Crippen LogP contribution < -0.4 is 15.4 Å². The van der Waals surface area contributed by atoms with Crippen molar-refractivity contribution in [3.8, 4) is 5.75 Å². The van der Waals surface area contributed by atoms with E-state index in [-0.39, 0.29) is 18.2 Å². The number of ether oxygens (including phenoxy) is 1. The van der Waals surface area contributed by atoms with E-state index in [0.29, 0.717) is 28.2 Å². The van der Waals surface area contributed by atoms with Crippen LogP contribution in [0.4, 0.5) is 5.69 Å². The van der Waals surface area contributed by atoms with Gasteiger partial charge in [0.1, 0.15) is 11.0 Å². The first-order chi connectivity index (χ1) is 10.9. The number of thioether (sulfide) groups is 1. The maximum Gasteiger partial charge on any atom is 0.240 e. The van der Waals surface area contributed by atoms with Crippen LogP contribution in [0.15, 0.2) is 17.1 Å². The normalized spacial score (nSPS) is 18.9. The second-order valence-corrected chi connectivity index (χ2v) is 6.53. The van der Waals surface area contributed by atoms with Gasteiger partial charge in [-0.3, -0.25) is 14.6 Å². The molecule has 124 valence electrons. The number of hydrogen-bond donors (Lipinski definition) is 2. The Bertz CT molecular complexity index is 664. The molecule has 1 aliphatic heterocycles. The van der Waals surface area contributed by atoms with Crippen molar-refractivity contribution in [1.29, 1.82) is 0 Å². The summed E-state index contributed by atoms with van der Waals surface area (Å²) < 4.78 is 5.22. The summed E-state index contributed by atoms with van der Waals surface area (Å²) in [7, 11) is 1.50. The highest BCUT2D eigenvalue weighted by molar-refractivity contribution is 8.15. The van der Waals surface area contributed by atoms with Crippen molar-refractivity contribution in [1.82, 2.24) is 5.32 Å². The van der Waals surface area contributed by atoms with Gasteiger partial charge in [0.15, 0.2) is 5.17 Å². The van der Waals surface area contributed by atoms with Gasteiger partial charge >= 0.3 is 0 Å². The van der Waals surface area contributed by atoms with Gasteiger partial charge in [0.2, 0.25) is 11.8 Å². The molecule has 8 heteroatoms. The van der Waals surface area contributed by atoms with Crippen molar-refractivity contribution >= 4 is 46.0 Å². The average molecular weight is 356 g/mol. The Hall–Kier alpha value is -1.73. The van der Waals surface area contributed by atoms with Crippen LogP contribution in [0.25, 0.3) is 0 Å². The van der Waals surface area contributed by atoms with Crippen molar-refractivity contribution in [2.45, 2.75) is 25.5 Å². The third kappa shape index (κ3) is 4.39. The van der Waals surface area contributed by atoms with Crippen LogP contribution in [0.5, 0.6) is 5.75 Å². The Morgan fingerprint density at radius 2 is 2.26 bits per heavy atom. The predicted molar refractivity (Wildman–Crippen MR) is 93.5 cm³/mol. The standard InChI is InChI=1S/C15H18ClN3O3S/c1-4-17-15-19-14(21)12(23-15)7-13(20)18-10-5-8(2)9(16)6-11(10)22-3/h5-6,12H,4,7H2,1-3H3,(H,18,20)(H,17,19,21)/t12-/m1/s1. The lowest BCUT2D eigenvalue weighted by Gasteiger charge is -2.13. The van der Waals surface area contributed by atoms with E-state index >= 15 is 0 Å². The number of nitrogens with one attached hydrogen (secondary N) is 2. The lowest BCUT2D eigenvalue weighted by molar-refractivity contribution is -0.122. The minimum absolute atomic E-state index is 0.0596. The molecular formula is C15H18ClN3O3S. The molecule has 0 saturated carbocycles. The van der Waals surface area contributed by atoms with Gasteiger partial charge in [-0.15, -0.1) is 0 Å². The number of amidine groups is 1. The smallest absolute Gasteiger partial charge is 0.240 e. The van der Waals surface area contributed by atoms with Gasteiger partial charge in [-0.1, -0.05) is 23.4 Å². The molecule has 0 aromatic heterocycles. The molecular weight excluding hydrogens is 338 g/mol. The second kappa shape index (κ2) is 7.70. The number of rotatable bonds is 5. The van der Waals surface area contributed by atoms with E-state index in [4.69, 9.17) is 16.3 Å². The zero-order valence-corrected chi connectivity index (χ0v) is 14.7. The number of aryl methyl sites for hydroxylation is 1. The summed E-state index contributed by atoms with van der Waals surface area (Å²) in [5.74, 6) is 0.0118. The molecule has 1 heterocycles. The second-order valence-electron chi connectivity index (χ2n) is 4.93. The zero-order valence-electron chi connectivity index (χ0n) is 13.1. The lowest BCUT2D eigenvalue weighted by atomic mass is 10.2. The van der Waals surface area contributed by atoms with Crippen LogP contribution in [0, 0.1) is 6.92 Å². The quantitative estimate of drug-likeness (QED) is 0.850. The van der Waals surface area contributed by atoms with Gasteiger partial charge in [-0.05, 0) is 25.5 Å². The molecule has 1 atom stereocenters. The van der Waals surface area contributed by atoms with Gasteiger partial charge in [0.05, 0.1) is 12.8 Å². The summed E-state index contributed by atoms with van der Waals surface area (Å²) in [4.78, 5) is 28.2. The molecule has 0 aliphatic carbocycles. The Balaban J connectivity index is 2.04. The zero-order chi connectivity index (χ0) is 17.0. The van der Waals surface area contributed by atoms with Crippen molar-refractivity contribution in [3.05, 3.63) is 22.7 Å². The van der Waals surface area contributed by atoms with E-state index in [9.17, 15) is 9.59 Å². The van der Waals surface area contributed by atoms with Crippen LogP contribution in [0.1, 0.15) is 18.9 Å². The summed E-state index contributed by atoms with van der Waals surface area (Å²) >= 11 is 7.32. The first-order valence-corrected chi connectivity index (χ1v) is 8.36. The molecule has 1 aromatic rings. The molecule has 0 radical (unpaired) electrons. The van der Waals surface area contributed by atoms with Gasteiger partial charge in [0, 0.05) is 24.1 Å². The van der Waals surface area contributed by atoms with Crippen LogP contribution in [0.2, 0.25) is 5.02 Å². The van der Waals surface area contributed by atoms with Crippen molar-refractivity contribution in [2.24, 2.45) is 4.99 Å². The van der Waals surface area contributed by atoms with Crippen LogP contribution in [-0.2, 0) is 9.59 Å². The molecule has 0 bridgehead atoms. The number of methoxy groups -OCH3 is 1. The number of amides is 2. The van der Waals surface area contributed by atoms with Crippen LogP contribution >= 0.6 is 23.4 Å². The molecule has 2 rings (SSSR count). The van der Waals surface area contributed by atoms with Gasteiger partial charge < -0.3 is 15.4 Å². The van der Waals surface area contributed by atoms with Crippen LogP contribution in [-0.4, -0.2) is 35.9 Å². The summed E-state index contributed by atoms with van der Waals surface area (Å²) in [6.45, 7) is 4.31. The number of carbonyl (C=O) groups excluding carboxylic acids is 2. The van der Waals surface area contributed by atoms with E-state index in [1.807, 2.05) is 13.8 Å². The molecule has 1 fully saturated rings. The Kier molecular flexibility index (Phi) is 5.90. The number of benzene rings is 1. The molecule has 2 amide bonds. The molecule has 6 nitrogen and oxygen atoms in total. The molecule has 1 saturated heterocycles. The molecule has 23 heavy (non-hydrogen) atoms. The monoisotopic (exact) mass is 355 g/mol. The highest BCUT2D eigenvalue weighted by atomic mass is 35.5. The third-order valence-corrected chi connectivity index (χ3v) is 4.73. The summed E-state index contributed by atoms with van der Waals surface area (Å²) in [5.41, 5.74) is 1.36. The van der Waals surface area contributed by atoms with E-state index in [0.717, 1.165) is 5.56 Å². The fraction of sp³-hybridized carbons (Fsp3) is 0.400. The van der Waals surface area contributed by atoms with Crippen molar-refractivity contribution < 1.29 is 14.3 Å². The third-order valence-electron chi connectivity index (χ3n) is 3.20. The summed E-state index contributed by atoms with van der Waals surface area (Å²) in [6, 6.07) is 3.39. The Morgan fingerprint density at radius 1 is 1.52 bits per heavy atom. The predicted octanol–water partition coefficient (Wildman–Crippen LogP) is 2.59. The minimum atomic E-state index is -0.473. The SMILES string of the molecule is CCN=C1NC(=O)[C@@H](CC(=O)Nc2cc(C)c(Cl)cc2OC)S1. The van der Waals surface area contributed by atoms with E-state index in [1.54, 1.807) is 12.1 Å². The van der Waals surface area contributed by atoms with Gasteiger partial charge in [-0.2, -0.15) is 0 Å². The first-order valence-electron chi connectivity index (χ1n) is 7.10. The number of anilines is 1. The fourth-order valence-electron chi connectivity index (χ4n) is 2.06. The first kappa shape index (κ1) is 17.6.